The lowest BCUT2D eigenvalue weighted by molar-refractivity contribution is -0.646. The second-order valence-electron chi connectivity index (χ2n) is 7.51. The van der Waals surface area contributed by atoms with E-state index in [-0.39, 0.29) is 0 Å². The number of hydrogen-bond donors (Lipinski definition) is 1. The van der Waals surface area contributed by atoms with Gasteiger partial charge in [0.1, 0.15) is 7.05 Å². The summed E-state index contributed by atoms with van der Waals surface area (Å²) in [6.45, 7) is 3.26. The molecule has 0 aliphatic rings. The van der Waals surface area contributed by atoms with E-state index in [1.54, 1.807) is 0 Å². The SMILES string of the molecule is CCCCCNc1cc(C=Cc2ccc(N(C)C)cc2)[n+](C)c2ccccc12. The number of hydrogen-bond acceptors (Lipinski definition) is 2. The molecule has 0 bridgehead atoms. The first kappa shape index (κ1) is 19.9. The topological polar surface area (TPSA) is 19.1 Å². The maximum absolute atomic E-state index is 3.66. The summed E-state index contributed by atoms with van der Waals surface area (Å²) in [5, 5.41) is 4.93. The van der Waals surface area contributed by atoms with Crippen LogP contribution >= 0.6 is 0 Å². The van der Waals surface area contributed by atoms with Crippen LogP contribution in [-0.2, 0) is 7.05 Å². The standard InChI is InChI=1S/C25H31N3/c1-5-6-9-18-26-24-19-22(28(4)25-11-8-7-10-23(24)25)17-14-20-12-15-21(16-13-20)27(2)3/h7-8,10-17,19H,5-6,9,18H2,1-4H3/p+1. The van der Waals surface area contributed by atoms with Gasteiger partial charge in [0.05, 0.1) is 11.1 Å². The number of rotatable bonds is 8. The molecule has 0 unspecified atom stereocenters. The summed E-state index contributed by atoms with van der Waals surface area (Å²) in [4.78, 5) is 2.12. The fourth-order valence-electron chi connectivity index (χ4n) is 3.42. The van der Waals surface area contributed by atoms with Crippen molar-refractivity contribution < 1.29 is 4.57 Å². The van der Waals surface area contributed by atoms with E-state index in [2.05, 4.69) is 110 Å². The van der Waals surface area contributed by atoms with E-state index in [1.807, 2.05) is 0 Å². The number of aryl methyl sites for hydroxylation is 1. The largest absolute Gasteiger partial charge is 0.384 e. The summed E-state index contributed by atoms with van der Waals surface area (Å²) in [5.74, 6) is 0. The number of para-hydroxylation sites is 1. The third-order valence-electron chi connectivity index (χ3n) is 5.19. The molecule has 3 rings (SSSR count). The number of pyridine rings is 1. The minimum atomic E-state index is 1.01. The Bertz CT molecular complexity index is 940. The zero-order chi connectivity index (χ0) is 19.9. The first-order chi connectivity index (χ1) is 13.6. The minimum absolute atomic E-state index is 1.01. The fraction of sp³-hybridized carbons (Fsp3) is 0.320. The zero-order valence-corrected chi connectivity index (χ0v) is 17.6. The fourth-order valence-corrected chi connectivity index (χ4v) is 3.42. The van der Waals surface area contributed by atoms with Gasteiger partial charge < -0.3 is 10.2 Å². The van der Waals surface area contributed by atoms with Gasteiger partial charge in [-0.05, 0) is 36.3 Å². The van der Waals surface area contributed by atoms with Crippen LogP contribution in [0.25, 0.3) is 23.1 Å². The lowest BCUT2D eigenvalue weighted by Gasteiger charge is -2.12. The molecule has 3 nitrogen and oxygen atoms in total. The predicted molar refractivity (Wildman–Crippen MR) is 123 cm³/mol. The quantitative estimate of drug-likeness (QED) is 0.414. The molecule has 0 saturated heterocycles. The van der Waals surface area contributed by atoms with Crippen molar-refractivity contribution >= 4 is 34.4 Å². The average molecular weight is 375 g/mol. The number of unbranched alkanes of at least 4 members (excludes halogenated alkanes) is 2. The lowest BCUT2D eigenvalue weighted by atomic mass is 10.1. The predicted octanol–water partition coefficient (Wildman–Crippen LogP) is 5.50. The van der Waals surface area contributed by atoms with Gasteiger partial charge >= 0.3 is 0 Å². The van der Waals surface area contributed by atoms with Crippen LogP contribution in [0.2, 0.25) is 0 Å². The van der Waals surface area contributed by atoms with Crippen molar-refractivity contribution in [3.8, 4) is 0 Å². The van der Waals surface area contributed by atoms with Gasteiger partial charge in [-0.1, -0.05) is 44.0 Å². The normalized spacial score (nSPS) is 11.3. The highest BCUT2D eigenvalue weighted by atomic mass is 15.1. The van der Waals surface area contributed by atoms with Crippen LogP contribution in [0.5, 0.6) is 0 Å². The molecule has 1 aromatic heterocycles. The highest BCUT2D eigenvalue weighted by Gasteiger charge is 2.14. The number of fused-ring (bicyclic) bond motifs is 1. The Morgan fingerprint density at radius 2 is 1.71 bits per heavy atom. The van der Waals surface area contributed by atoms with Gasteiger partial charge in [0.15, 0.2) is 0 Å². The summed E-state index contributed by atoms with van der Waals surface area (Å²) in [6, 6.07) is 19.5. The monoisotopic (exact) mass is 374 g/mol. The molecule has 3 aromatic rings. The van der Waals surface area contributed by atoms with Gasteiger partial charge in [-0.2, -0.15) is 4.57 Å². The van der Waals surface area contributed by atoms with E-state index in [0.29, 0.717) is 0 Å². The number of nitrogens with zero attached hydrogens (tertiary/aromatic N) is 2. The van der Waals surface area contributed by atoms with E-state index in [9.17, 15) is 0 Å². The average Bonchev–Trinajstić information content (AvgIpc) is 2.72. The molecule has 0 saturated carbocycles. The Hall–Kier alpha value is -2.81. The van der Waals surface area contributed by atoms with E-state index >= 15 is 0 Å². The summed E-state index contributed by atoms with van der Waals surface area (Å²) in [5.41, 5.74) is 6.06. The smallest absolute Gasteiger partial charge is 0.214 e. The molecule has 0 radical (unpaired) electrons. The van der Waals surface area contributed by atoms with Gasteiger partial charge in [-0.25, -0.2) is 0 Å². The van der Waals surface area contributed by atoms with E-state index in [1.165, 1.54) is 52.8 Å². The highest BCUT2D eigenvalue weighted by molar-refractivity contribution is 5.90. The Morgan fingerprint density at radius 1 is 0.964 bits per heavy atom. The van der Waals surface area contributed by atoms with Crippen LogP contribution < -0.4 is 14.8 Å². The van der Waals surface area contributed by atoms with Crippen molar-refractivity contribution in [3.05, 3.63) is 65.9 Å². The van der Waals surface area contributed by atoms with Crippen LogP contribution in [0.1, 0.15) is 37.4 Å². The molecule has 0 aliphatic carbocycles. The molecule has 0 spiro atoms. The second-order valence-corrected chi connectivity index (χ2v) is 7.51. The van der Waals surface area contributed by atoms with Gasteiger partial charge in [-0.15, -0.1) is 0 Å². The summed E-state index contributed by atoms with van der Waals surface area (Å²) >= 11 is 0. The number of benzene rings is 2. The Balaban J connectivity index is 1.90. The summed E-state index contributed by atoms with van der Waals surface area (Å²) < 4.78 is 2.26. The molecular weight excluding hydrogens is 342 g/mol. The van der Waals surface area contributed by atoms with Crippen molar-refractivity contribution in [2.24, 2.45) is 7.05 Å². The van der Waals surface area contributed by atoms with Crippen molar-refractivity contribution in [1.29, 1.82) is 0 Å². The Morgan fingerprint density at radius 3 is 2.43 bits per heavy atom. The molecule has 0 amide bonds. The van der Waals surface area contributed by atoms with Crippen molar-refractivity contribution in [2.45, 2.75) is 26.2 Å². The molecule has 3 heteroatoms. The molecule has 1 N–H and O–H groups in total. The van der Waals surface area contributed by atoms with Crippen molar-refractivity contribution in [2.75, 3.05) is 30.9 Å². The van der Waals surface area contributed by atoms with Gasteiger partial charge in [0, 0.05) is 44.5 Å². The Labute approximate surface area is 169 Å². The molecule has 0 fully saturated rings. The third kappa shape index (κ3) is 4.72. The minimum Gasteiger partial charge on any atom is -0.384 e. The van der Waals surface area contributed by atoms with E-state index in [4.69, 9.17) is 0 Å². The van der Waals surface area contributed by atoms with Crippen LogP contribution in [0, 0.1) is 0 Å². The molecule has 0 aliphatic heterocycles. The molecule has 2 aromatic carbocycles. The summed E-state index contributed by atoms with van der Waals surface area (Å²) in [7, 11) is 6.27. The number of anilines is 2. The Kier molecular flexibility index (Phi) is 6.70. The number of aromatic nitrogens is 1. The first-order valence-corrected chi connectivity index (χ1v) is 10.2. The number of nitrogens with one attached hydrogen (secondary N) is 1. The van der Waals surface area contributed by atoms with Crippen LogP contribution in [-0.4, -0.2) is 20.6 Å². The van der Waals surface area contributed by atoms with Crippen molar-refractivity contribution in [1.82, 2.24) is 0 Å². The van der Waals surface area contributed by atoms with E-state index in [0.717, 1.165) is 6.54 Å². The maximum atomic E-state index is 3.66. The van der Waals surface area contributed by atoms with Crippen molar-refractivity contribution in [3.63, 3.8) is 0 Å². The van der Waals surface area contributed by atoms with E-state index < -0.39 is 0 Å². The first-order valence-electron chi connectivity index (χ1n) is 10.2. The molecule has 28 heavy (non-hydrogen) atoms. The maximum Gasteiger partial charge on any atom is 0.214 e. The van der Waals surface area contributed by atoms with Gasteiger partial charge in [0.25, 0.3) is 0 Å². The molecule has 146 valence electrons. The molecule has 1 heterocycles. The van der Waals surface area contributed by atoms with Gasteiger partial charge in [0.2, 0.25) is 11.2 Å². The zero-order valence-electron chi connectivity index (χ0n) is 17.6. The lowest BCUT2D eigenvalue weighted by Crippen LogP contribution is -2.33. The molecule has 0 atom stereocenters. The van der Waals surface area contributed by atoms with Gasteiger partial charge in [-0.3, -0.25) is 0 Å². The molecular formula is C25H32N3+. The van der Waals surface area contributed by atoms with Crippen LogP contribution in [0.3, 0.4) is 0 Å². The van der Waals surface area contributed by atoms with Crippen LogP contribution in [0.4, 0.5) is 11.4 Å². The van der Waals surface area contributed by atoms with Crippen LogP contribution in [0.15, 0.2) is 54.6 Å². The third-order valence-corrected chi connectivity index (χ3v) is 5.19. The highest BCUT2D eigenvalue weighted by Crippen LogP contribution is 2.23. The second kappa shape index (κ2) is 9.41. The summed E-state index contributed by atoms with van der Waals surface area (Å²) in [6.07, 6.45) is 8.10.